The molecule has 0 saturated heterocycles. The minimum atomic E-state index is -0.477. The van der Waals surface area contributed by atoms with Crippen molar-refractivity contribution < 1.29 is 14.3 Å². The summed E-state index contributed by atoms with van der Waals surface area (Å²) in [5.41, 5.74) is 4.24. The van der Waals surface area contributed by atoms with Crippen LogP contribution in [0.15, 0.2) is 42.5 Å². The molecule has 30 heavy (non-hydrogen) atoms. The number of hydrogen-bond donors (Lipinski definition) is 1. The van der Waals surface area contributed by atoms with E-state index in [4.69, 9.17) is 9.47 Å². The molecule has 0 unspecified atom stereocenters. The number of nitrogens with one attached hydrogen (secondary N) is 1. The highest BCUT2D eigenvalue weighted by molar-refractivity contribution is 5.96. The number of benzene rings is 2. The van der Waals surface area contributed by atoms with Gasteiger partial charge in [-0.15, -0.1) is 0 Å². The van der Waals surface area contributed by atoms with Crippen molar-refractivity contribution >= 4 is 22.7 Å². The summed E-state index contributed by atoms with van der Waals surface area (Å²) in [7, 11) is 0. The van der Waals surface area contributed by atoms with E-state index in [0.717, 1.165) is 40.8 Å². The van der Waals surface area contributed by atoms with Gasteiger partial charge in [-0.2, -0.15) is 5.26 Å². The first-order valence-corrected chi connectivity index (χ1v) is 10.4. The number of rotatable bonds is 6. The number of carbonyl (C=O) groups is 1. The highest BCUT2D eigenvalue weighted by Gasteiger charge is 2.28. The second-order valence-corrected chi connectivity index (χ2v) is 7.32. The Bertz CT molecular complexity index is 1110. The van der Waals surface area contributed by atoms with Gasteiger partial charge in [0.1, 0.15) is 11.8 Å². The number of aromatic nitrogens is 1. The largest absolute Gasteiger partial charge is 0.494 e. The van der Waals surface area contributed by atoms with Crippen molar-refractivity contribution in [3.8, 4) is 23.1 Å². The van der Waals surface area contributed by atoms with Crippen LogP contribution < -0.4 is 10.1 Å². The Kier molecular flexibility index (Phi) is 5.62. The van der Waals surface area contributed by atoms with Crippen LogP contribution in [0.25, 0.3) is 22.2 Å². The van der Waals surface area contributed by atoms with E-state index in [-0.39, 0.29) is 0 Å². The van der Waals surface area contributed by atoms with E-state index >= 15 is 0 Å². The van der Waals surface area contributed by atoms with Crippen LogP contribution in [0.4, 0.5) is 10.5 Å². The zero-order valence-electron chi connectivity index (χ0n) is 17.3. The molecule has 1 N–H and O–H groups in total. The smallest absolute Gasteiger partial charge is 0.411 e. The molecular weight excluding hydrogens is 378 g/mol. The van der Waals surface area contributed by atoms with Crippen LogP contribution in [0, 0.1) is 11.3 Å². The number of carbonyl (C=O) groups excluding carboxylic acids is 1. The summed E-state index contributed by atoms with van der Waals surface area (Å²) in [5, 5.41) is 13.7. The van der Waals surface area contributed by atoms with Crippen LogP contribution in [0.3, 0.4) is 0 Å². The minimum absolute atomic E-state index is 0.320. The Hall–Kier alpha value is -3.46. The topological polar surface area (TPSA) is 76.3 Å². The van der Waals surface area contributed by atoms with E-state index in [9.17, 15) is 10.1 Å². The molecule has 0 spiro atoms. The maximum Gasteiger partial charge on any atom is 0.411 e. The number of fused-ring (bicyclic) bond motifs is 1. The summed E-state index contributed by atoms with van der Waals surface area (Å²) in [5.74, 6) is 0.771. The van der Waals surface area contributed by atoms with E-state index in [1.807, 2.05) is 43.3 Å². The number of anilines is 1. The first kappa shape index (κ1) is 19.8. The number of nitriles is 1. The third-order valence-electron chi connectivity index (χ3n) is 5.52. The van der Waals surface area contributed by atoms with Crippen molar-refractivity contribution in [2.45, 2.75) is 39.2 Å². The maximum atomic E-state index is 11.7. The summed E-state index contributed by atoms with van der Waals surface area (Å²) < 4.78 is 12.9. The van der Waals surface area contributed by atoms with Crippen LogP contribution in [0.5, 0.6) is 5.75 Å². The van der Waals surface area contributed by atoms with Gasteiger partial charge in [0.2, 0.25) is 0 Å². The molecule has 0 radical (unpaired) electrons. The van der Waals surface area contributed by atoms with Crippen LogP contribution in [-0.4, -0.2) is 23.9 Å². The molecule has 1 amide bonds. The van der Waals surface area contributed by atoms with Crippen molar-refractivity contribution in [3.05, 3.63) is 48.0 Å². The molecule has 0 atom stereocenters. The van der Waals surface area contributed by atoms with Gasteiger partial charge in [-0.3, -0.25) is 5.32 Å². The summed E-state index contributed by atoms with van der Waals surface area (Å²) >= 11 is 0. The SMILES string of the molecule is CCOC(=O)Nc1ccc(-c2c(C#N)c3cc(OCC)ccc3n2C2CCC2)cc1. The first-order chi connectivity index (χ1) is 14.7. The third kappa shape index (κ3) is 3.59. The summed E-state index contributed by atoms with van der Waals surface area (Å²) in [6.45, 7) is 4.62. The number of hydrogen-bond acceptors (Lipinski definition) is 4. The molecular formula is C24H25N3O3. The molecule has 0 aliphatic heterocycles. The highest BCUT2D eigenvalue weighted by atomic mass is 16.5. The Balaban J connectivity index is 1.81. The van der Waals surface area contributed by atoms with Crippen LogP contribution in [0.2, 0.25) is 0 Å². The first-order valence-electron chi connectivity index (χ1n) is 10.4. The van der Waals surface area contributed by atoms with Gasteiger partial charge in [-0.25, -0.2) is 4.79 Å². The lowest BCUT2D eigenvalue weighted by Gasteiger charge is -2.30. The van der Waals surface area contributed by atoms with Crippen molar-refractivity contribution in [2.75, 3.05) is 18.5 Å². The molecule has 1 aliphatic carbocycles. The molecule has 4 rings (SSSR count). The summed E-state index contributed by atoms with van der Waals surface area (Å²) in [4.78, 5) is 11.7. The fourth-order valence-electron chi connectivity index (χ4n) is 3.97. The molecule has 1 aromatic heterocycles. The number of amides is 1. The molecule has 6 nitrogen and oxygen atoms in total. The third-order valence-corrected chi connectivity index (χ3v) is 5.52. The van der Waals surface area contributed by atoms with E-state index < -0.39 is 6.09 Å². The Morgan fingerprint density at radius 2 is 1.93 bits per heavy atom. The van der Waals surface area contributed by atoms with Crippen LogP contribution >= 0.6 is 0 Å². The van der Waals surface area contributed by atoms with Gasteiger partial charge in [0, 0.05) is 17.1 Å². The van der Waals surface area contributed by atoms with Crippen LogP contribution in [0.1, 0.15) is 44.7 Å². The zero-order chi connectivity index (χ0) is 21.1. The Morgan fingerprint density at radius 1 is 1.17 bits per heavy atom. The van der Waals surface area contributed by atoms with Crippen molar-refractivity contribution in [1.29, 1.82) is 5.26 Å². The van der Waals surface area contributed by atoms with Gasteiger partial charge in [0.15, 0.2) is 0 Å². The zero-order valence-corrected chi connectivity index (χ0v) is 17.3. The molecule has 0 bridgehead atoms. The maximum absolute atomic E-state index is 11.7. The lowest BCUT2D eigenvalue weighted by molar-refractivity contribution is 0.168. The summed E-state index contributed by atoms with van der Waals surface area (Å²) in [6, 6.07) is 16.4. The van der Waals surface area contributed by atoms with E-state index in [1.54, 1.807) is 6.92 Å². The highest BCUT2D eigenvalue weighted by Crippen LogP contribution is 2.43. The normalized spacial score (nSPS) is 13.5. The van der Waals surface area contributed by atoms with Crippen molar-refractivity contribution in [2.24, 2.45) is 0 Å². The number of nitrogens with zero attached hydrogens (tertiary/aromatic N) is 2. The molecule has 1 saturated carbocycles. The van der Waals surface area contributed by atoms with Gasteiger partial charge in [0.25, 0.3) is 0 Å². The van der Waals surface area contributed by atoms with Crippen molar-refractivity contribution in [1.82, 2.24) is 4.57 Å². The molecule has 1 aliphatic rings. The Morgan fingerprint density at radius 3 is 2.53 bits per heavy atom. The summed E-state index contributed by atoms with van der Waals surface area (Å²) in [6.07, 6.45) is 2.94. The van der Waals surface area contributed by atoms with E-state index in [0.29, 0.717) is 30.5 Å². The average Bonchev–Trinajstić information content (AvgIpc) is 3.01. The van der Waals surface area contributed by atoms with Gasteiger partial charge in [-0.1, -0.05) is 12.1 Å². The predicted octanol–water partition coefficient (Wildman–Crippen LogP) is 5.87. The van der Waals surface area contributed by atoms with Gasteiger partial charge < -0.3 is 14.0 Å². The molecule has 6 heteroatoms. The van der Waals surface area contributed by atoms with Crippen LogP contribution in [-0.2, 0) is 4.74 Å². The predicted molar refractivity (Wildman–Crippen MR) is 117 cm³/mol. The lowest BCUT2D eigenvalue weighted by atomic mass is 9.92. The van der Waals surface area contributed by atoms with Crippen molar-refractivity contribution in [3.63, 3.8) is 0 Å². The van der Waals surface area contributed by atoms with Gasteiger partial charge >= 0.3 is 6.09 Å². The number of ether oxygens (including phenoxy) is 2. The van der Waals surface area contributed by atoms with E-state index in [2.05, 4.69) is 22.0 Å². The average molecular weight is 403 g/mol. The fraction of sp³-hybridized carbons (Fsp3) is 0.333. The van der Waals surface area contributed by atoms with Gasteiger partial charge in [-0.05, 0) is 69.0 Å². The molecule has 3 aromatic rings. The molecule has 1 heterocycles. The second-order valence-electron chi connectivity index (χ2n) is 7.32. The fourth-order valence-corrected chi connectivity index (χ4v) is 3.97. The monoisotopic (exact) mass is 403 g/mol. The Labute approximate surface area is 176 Å². The molecule has 2 aromatic carbocycles. The molecule has 1 fully saturated rings. The van der Waals surface area contributed by atoms with E-state index in [1.165, 1.54) is 6.42 Å². The molecule has 154 valence electrons. The second kappa shape index (κ2) is 8.50. The van der Waals surface area contributed by atoms with Gasteiger partial charge in [0.05, 0.1) is 30.0 Å². The minimum Gasteiger partial charge on any atom is -0.494 e. The lowest BCUT2D eigenvalue weighted by Crippen LogP contribution is -2.17. The quantitative estimate of drug-likeness (QED) is 0.558. The standard InChI is InChI=1S/C24H25N3O3/c1-3-29-19-12-13-22-20(14-19)21(15-25)23(27(22)18-6-5-7-18)16-8-10-17(11-9-16)26-24(28)30-4-2/h8-14,18H,3-7H2,1-2H3,(H,26,28).